The van der Waals surface area contributed by atoms with Crippen LogP contribution in [0.4, 0.5) is 0 Å². The Balaban J connectivity index is -0.0000000386. The Hall–Kier alpha value is -3.44. The number of carboxylic acid groups (broad SMARTS) is 8. The topological polar surface area (TPSA) is 393 Å². The average Bonchev–Trinajstić information content (AvgIpc) is 2.63. The fourth-order valence-corrected chi connectivity index (χ4v) is 0.570. The predicted octanol–water partition coefficient (Wildman–Crippen LogP) is -3.63. The molecule has 0 aromatic rings. The maximum absolute atomic E-state index is 9.55. The number of hydrogen-bond donors (Lipinski definition) is 8. The first-order valence-corrected chi connectivity index (χ1v) is 7.06. The zero-order chi connectivity index (χ0) is 26.3. The van der Waals surface area contributed by atoms with Crippen LogP contribution in [0.2, 0.25) is 0 Å². The van der Waals surface area contributed by atoms with E-state index in [0.29, 0.717) is 48.6 Å². The van der Waals surface area contributed by atoms with E-state index in [9.17, 15) is 38.4 Å². The van der Waals surface area contributed by atoms with Gasteiger partial charge in [-0.05, 0) is 0 Å². The van der Waals surface area contributed by atoms with Crippen molar-refractivity contribution in [2.24, 2.45) is 0 Å². The molecular formula is C16H22CeO19V. The van der Waals surface area contributed by atoms with E-state index in [1.54, 1.807) is 0 Å². The molecule has 21 heteroatoms. The van der Waals surface area contributed by atoms with Gasteiger partial charge < -0.3 is 57.3 Å². The first-order valence-electron chi connectivity index (χ1n) is 7.06. The molecule has 0 aliphatic rings. The number of aliphatic carboxylic acids is 8. The molecule has 0 aliphatic heterocycles. The minimum absolute atomic E-state index is 0. The molecule has 1 radical (unpaired) electrons. The standard InChI is InChI=1S/4C4H4O4.Ce.3H2O.V/c4*5-3(6)1-2-4(7)8;;;;;/h4*1-2H,(H,5,6)(H,7,8);;3*1H2;/b4*2-1+;;;;;. The van der Waals surface area contributed by atoms with Crippen molar-refractivity contribution in [2.45, 2.75) is 0 Å². The smallest absolute Gasteiger partial charge is 0.328 e. The predicted molar refractivity (Wildman–Crippen MR) is 108 cm³/mol. The molecule has 0 atom stereocenters. The van der Waals surface area contributed by atoms with Crippen molar-refractivity contribution in [3.05, 3.63) is 48.6 Å². The van der Waals surface area contributed by atoms with Crippen LogP contribution < -0.4 is 0 Å². The van der Waals surface area contributed by atoms with Crippen LogP contribution in [0.5, 0.6) is 0 Å². The molecular weight excluding hydrogens is 687 g/mol. The summed E-state index contributed by atoms with van der Waals surface area (Å²) in [6.07, 6.45) is 4.46. The molecule has 37 heavy (non-hydrogen) atoms. The van der Waals surface area contributed by atoms with Crippen LogP contribution in [-0.2, 0) is 56.9 Å². The van der Waals surface area contributed by atoms with Gasteiger partial charge in [0.2, 0.25) is 0 Å². The van der Waals surface area contributed by atoms with Crippen LogP contribution in [0, 0.1) is 41.7 Å². The fourth-order valence-electron chi connectivity index (χ4n) is 0.570. The molecule has 0 fully saturated rings. The van der Waals surface area contributed by atoms with E-state index in [1.165, 1.54) is 0 Å². The summed E-state index contributed by atoms with van der Waals surface area (Å²) in [5.41, 5.74) is 0. The van der Waals surface area contributed by atoms with Crippen LogP contribution in [0.25, 0.3) is 0 Å². The monoisotopic (exact) mass is 709 g/mol. The number of carboxylic acids is 8. The van der Waals surface area contributed by atoms with E-state index in [-0.39, 0.29) is 76.7 Å². The summed E-state index contributed by atoms with van der Waals surface area (Å²) >= 11 is 0. The van der Waals surface area contributed by atoms with Crippen molar-refractivity contribution in [2.75, 3.05) is 0 Å². The van der Waals surface area contributed by atoms with E-state index in [1.807, 2.05) is 0 Å². The number of rotatable bonds is 8. The van der Waals surface area contributed by atoms with Crippen molar-refractivity contribution in [1.82, 2.24) is 0 Å². The van der Waals surface area contributed by atoms with Crippen LogP contribution >= 0.6 is 0 Å². The molecule has 0 aliphatic carbocycles. The first-order chi connectivity index (χ1) is 14.5. The van der Waals surface area contributed by atoms with Gasteiger partial charge in [-0.15, -0.1) is 0 Å². The maximum Gasteiger partial charge on any atom is 0.328 e. The van der Waals surface area contributed by atoms with Gasteiger partial charge in [0, 0.05) is 109 Å². The third-order valence-electron chi connectivity index (χ3n) is 1.47. The molecule has 0 bridgehead atoms. The molecule has 0 aromatic heterocycles. The molecule has 0 saturated heterocycles. The van der Waals surface area contributed by atoms with E-state index in [0.717, 1.165) is 0 Å². The van der Waals surface area contributed by atoms with Gasteiger partial charge in [-0.2, -0.15) is 0 Å². The third-order valence-corrected chi connectivity index (χ3v) is 1.47. The van der Waals surface area contributed by atoms with Crippen molar-refractivity contribution in [1.29, 1.82) is 0 Å². The number of carbonyl (C=O) groups is 8. The molecule has 0 heterocycles. The minimum atomic E-state index is -1.26. The SMILES string of the molecule is O.O.O.O=C(O)/C=C/C(=O)O.O=C(O)/C=C/C(=O)O.O=C(O)/C=C/C(=O)O.O=C(O)/C=C/C(=O)O.[Ce].[V]. The van der Waals surface area contributed by atoms with Gasteiger partial charge >= 0.3 is 47.8 Å². The van der Waals surface area contributed by atoms with E-state index in [2.05, 4.69) is 0 Å². The Kier molecular flexibility index (Phi) is 63.4. The Morgan fingerprint density at radius 3 is 0.378 bits per heavy atom. The van der Waals surface area contributed by atoms with Crippen molar-refractivity contribution < 1.29 is 156 Å². The molecule has 19 nitrogen and oxygen atoms in total. The minimum Gasteiger partial charge on any atom is -0.478 e. The summed E-state index contributed by atoms with van der Waals surface area (Å²) in [5.74, 6) is -10.1. The second kappa shape index (κ2) is 39.8. The zero-order valence-electron chi connectivity index (χ0n) is 17.9. The van der Waals surface area contributed by atoms with Gasteiger partial charge in [0.05, 0.1) is 0 Å². The molecule has 0 aromatic carbocycles. The summed E-state index contributed by atoms with van der Waals surface area (Å²) in [7, 11) is 0. The van der Waals surface area contributed by atoms with Crippen molar-refractivity contribution in [3.63, 3.8) is 0 Å². The van der Waals surface area contributed by atoms with E-state index >= 15 is 0 Å². The van der Waals surface area contributed by atoms with Crippen LogP contribution in [0.1, 0.15) is 0 Å². The van der Waals surface area contributed by atoms with Crippen LogP contribution in [0.3, 0.4) is 0 Å². The van der Waals surface area contributed by atoms with Gasteiger partial charge in [-0.3, -0.25) is 0 Å². The van der Waals surface area contributed by atoms with Gasteiger partial charge in [-0.25, -0.2) is 38.4 Å². The largest absolute Gasteiger partial charge is 0.478 e. The second-order valence-corrected chi connectivity index (χ2v) is 4.04. The van der Waals surface area contributed by atoms with Gasteiger partial charge in [0.1, 0.15) is 0 Å². The van der Waals surface area contributed by atoms with Crippen molar-refractivity contribution >= 4 is 47.8 Å². The molecule has 0 amide bonds. The Morgan fingerprint density at radius 1 is 0.297 bits per heavy atom. The van der Waals surface area contributed by atoms with Crippen LogP contribution in [-0.4, -0.2) is 105 Å². The summed E-state index contributed by atoms with van der Waals surface area (Å²) in [6, 6.07) is 0. The second-order valence-electron chi connectivity index (χ2n) is 4.04. The van der Waals surface area contributed by atoms with Crippen molar-refractivity contribution in [3.8, 4) is 0 Å². The Bertz CT molecular complexity index is 628. The number of hydrogen-bond acceptors (Lipinski definition) is 8. The van der Waals surface area contributed by atoms with Gasteiger partial charge in [0.25, 0.3) is 0 Å². The summed E-state index contributed by atoms with van der Waals surface area (Å²) in [4.78, 5) is 76.4. The first kappa shape index (κ1) is 59.0. The summed E-state index contributed by atoms with van der Waals surface area (Å²) in [5, 5.41) is 62.5. The fraction of sp³-hybridized carbons (Fsp3) is 0. The Labute approximate surface area is 250 Å². The Morgan fingerprint density at radius 2 is 0.351 bits per heavy atom. The zero-order valence-corrected chi connectivity index (χ0v) is 22.4. The molecule has 0 saturated carbocycles. The van der Waals surface area contributed by atoms with E-state index in [4.69, 9.17) is 40.9 Å². The molecule has 0 spiro atoms. The average molecular weight is 709 g/mol. The summed E-state index contributed by atoms with van der Waals surface area (Å²) < 4.78 is 0. The quantitative estimate of drug-likeness (QED) is 0.113. The van der Waals surface area contributed by atoms with Gasteiger partial charge in [0.15, 0.2) is 0 Å². The summed E-state index contributed by atoms with van der Waals surface area (Å²) in [6.45, 7) is 0. The normalized spacial score (nSPS) is 8.22. The third kappa shape index (κ3) is 111. The maximum atomic E-state index is 9.55. The van der Waals surface area contributed by atoms with Crippen LogP contribution in [0.15, 0.2) is 48.6 Å². The van der Waals surface area contributed by atoms with Gasteiger partial charge in [-0.1, -0.05) is 0 Å². The molecule has 0 rings (SSSR count). The molecule has 0 unspecified atom stereocenters. The molecule has 209 valence electrons. The van der Waals surface area contributed by atoms with E-state index < -0.39 is 47.8 Å². The molecule has 14 N–H and O–H groups in total.